The first-order valence-corrected chi connectivity index (χ1v) is 6.68. The van der Waals surface area contributed by atoms with E-state index in [2.05, 4.69) is 16.8 Å². The first kappa shape index (κ1) is 11.1. The van der Waals surface area contributed by atoms with Gasteiger partial charge in [0.1, 0.15) is 0 Å². The molecule has 1 aromatic rings. The third kappa shape index (κ3) is 3.03. The molecule has 2 rings (SSSR count). The third-order valence-corrected chi connectivity index (χ3v) is 3.84. The third-order valence-electron chi connectivity index (χ3n) is 3.14. The van der Waals surface area contributed by atoms with Crippen LogP contribution in [0.2, 0.25) is 0 Å². The fourth-order valence-corrected chi connectivity index (χ4v) is 2.89. The first-order chi connectivity index (χ1) is 7.40. The van der Waals surface area contributed by atoms with Crippen molar-refractivity contribution < 1.29 is 4.74 Å². The lowest BCUT2D eigenvalue weighted by atomic mass is 10.1. The molecule has 2 nitrogen and oxygen atoms in total. The van der Waals surface area contributed by atoms with Gasteiger partial charge in [0.15, 0.2) is 0 Å². The van der Waals surface area contributed by atoms with E-state index in [1.807, 2.05) is 0 Å². The van der Waals surface area contributed by atoms with Gasteiger partial charge in [0, 0.05) is 6.54 Å². The quantitative estimate of drug-likeness (QED) is 0.836. The van der Waals surface area contributed by atoms with E-state index in [4.69, 9.17) is 10.5 Å². The molecule has 1 aliphatic rings. The molecule has 1 fully saturated rings. The number of nitrogens with two attached hydrogens (primary N) is 1. The normalized spacial score (nSPS) is 19.5. The summed E-state index contributed by atoms with van der Waals surface area (Å²) in [6, 6.07) is 2.11. The lowest BCUT2D eigenvalue weighted by molar-refractivity contribution is 0.0349. The highest BCUT2D eigenvalue weighted by atomic mass is 32.1. The second-order valence-electron chi connectivity index (χ2n) is 4.26. The van der Waals surface area contributed by atoms with Crippen LogP contribution in [0.3, 0.4) is 0 Å². The number of hydrogen-bond acceptors (Lipinski definition) is 3. The van der Waals surface area contributed by atoms with Crippen molar-refractivity contribution in [3.63, 3.8) is 0 Å². The van der Waals surface area contributed by atoms with Gasteiger partial charge in [0.25, 0.3) is 0 Å². The Bertz CT molecular complexity index is 267. The molecule has 0 amide bonds. The maximum atomic E-state index is 5.90. The summed E-state index contributed by atoms with van der Waals surface area (Å²) >= 11 is 1.71. The van der Waals surface area contributed by atoms with Crippen LogP contribution in [0.25, 0.3) is 0 Å². The highest BCUT2D eigenvalue weighted by Crippen LogP contribution is 2.27. The molecule has 0 radical (unpaired) electrons. The Kier molecular flexibility index (Phi) is 4.18. The van der Waals surface area contributed by atoms with Gasteiger partial charge in [0.2, 0.25) is 0 Å². The smallest absolute Gasteiger partial charge is 0.0955 e. The van der Waals surface area contributed by atoms with Crippen molar-refractivity contribution >= 4 is 11.3 Å². The van der Waals surface area contributed by atoms with Gasteiger partial charge in [0.05, 0.1) is 12.7 Å². The van der Waals surface area contributed by atoms with Gasteiger partial charge in [-0.1, -0.05) is 12.8 Å². The predicted octanol–water partition coefficient (Wildman–Crippen LogP) is 2.95. The Morgan fingerprint density at radius 3 is 2.87 bits per heavy atom. The SMILES string of the molecule is NCC(OCC1CCCC1)c1ccsc1. The summed E-state index contributed by atoms with van der Waals surface area (Å²) in [6.07, 6.45) is 5.53. The Hall–Kier alpha value is -0.380. The maximum Gasteiger partial charge on any atom is 0.0955 e. The molecule has 1 atom stereocenters. The van der Waals surface area contributed by atoms with Crippen molar-refractivity contribution in [3.05, 3.63) is 22.4 Å². The first-order valence-electron chi connectivity index (χ1n) is 5.74. The number of ether oxygens (including phenoxy) is 1. The molecular weight excluding hydrogens is 206 g/mol. The van der Waals surface area contributed by atoms with E-state index in [-0.39, 0.29) is 6.10 Å². The molecule has 15 heavy (non-hydrogen) atoms. The monoisotopic (exact) mass is 225 g/mol. The summed E-state index contributed by atoms with van der Waals surface area (Å²) in [7, 11) is 0. The van der Waals surface area contributed by atoms with Gasteiger partial charge in [-0.15, -0.1) is 0 Å². The van der Waals surface area contributed by atoms with Crippen molar-refractivity contribution in [3.8, 4) is 0 Å². The number of rotatable bonds is 5. The summed E-state index contributed by atoms with van der Waals surface area (Å²) in [4.78, 5) is 0. The number of thiophene rings is 1. The van der Waals surface area contributed by atoms with Crippen molar-refractivity contribution in [2.75, 3.05) is 13.2 Å². The van der Waals surface area contributed by atoms with Gasteiger partial charge >= 0.3 is 0 Å². The van der Waals surface area contributed by atoms with Crippen LogP contribution in [-0.2, 0) is 4.74 Å². The Labute approximate surface area is 95.4 Å². The van der Waals surface area contributed by atoms with Gasteiger partial charge in [-0.3, -0.25) is 0 Å². The molecule has 0 aromatic carbocycles. The fourth-order valence-electron chi connectivity index (χ4n) is 2.19. The molecule has 1 unspecified atom stereocenters. The average Bonchev–Trinajstić information content (AvgIpc) is 2.90. The van der Waals surface area contributed by atoms with Crippen molar-refractivity contribution in [2.45, 2.75) is 31.8 Å². The molecule has 1 saturated carbocycles. The zero-order chi connectivity index (χ0) is 10.5. The van der Waals surface area contributed by atoms with E-state index in [0.717, 1.165) is 12.5 Å². The molecule has 0 spiro atoms. The summed E-state index contributed by atoms with van der Waals surface area (Å²) in [5.41, 5.74) is 6.96. The Morgan fingerprint density at radius 1 is 1.47 bits per heavy atom. The minimum absolute atomic E-state index is 0.108. The molecule has 0 bridgehead atoms. The molecular formula is C12H19NOS. The standard InChI is InChI=1S/C12H19NOS/c13-7-12(11-5-6-15-9-11)14-8-10-3-1-2-4-10/h5-6,9-10,12H,1-4,7-8,13H2. The fraction of sp³-hybridized carbons (Fsp3) is 0.667. The number of hydrogen-bond donors (Lipinski definition) is 1. The molecule has 3 heteroatoms. The average molecular weight is 225 g/mol. The van der Waals surface area contributed by atoms with Crippen molar-refractivity contribution in [1.29, 1.82) is 0 Å². The van der Waals surface area contributed by atoms with Crippen LogP contribution < -0.4 is 5.73 Å². The van der Waals surface area contributed by atoms with E-state index < -0.39 is 0 Å². The summed E-state index contributed by atoms with van der Waals surface area (Å²) < 4.78 is 5.90. The molecule has 2 N–H and O–H groups in total. The van der Waals surface area contributed by atoms with E-state index in [1.54, 1.807) is 11.3 Å². The van der Waals surface area contributed by atoms with Crippen molar-refractivity contribution in [1.82, 2.24) is 0 Å². The Morgan fingerprint density at radius 2 is 2.27 bits per heavy atom. The van der Waals surface area contributed by atoms with Gasteiger partial charge < -0.3 is 10.5 Å². The van der Waals surface area contributed by atoms with Gasteiger partial charge in [-0.25, -0.2) is 0 Å². The summed E-state index contributed by atoms with van der Waals surface area (Å²) in [6.45, 7) is 1.47. The van der Waals surface area contributed by atoms with E-state index >= 15 is 0 Å². The summed E-state index contributed by atoms with van der Waals surface area (Å²) in [5, 5.41) is 4.21. The van der Waals surface area contributed by atoms with E-state index in [9.17, 15) is 0 Å². The Balaban J connectivity index is 1.80. The van der Waals surface area contributed by atoms with E-state index in [0.29, 0.717) is 6.54 Å². The molecule has 0 aliphatic heterocycles. The van der Waals surface area contributed by atoms with Gasteiger partial charge in [-0.2, -0.15) is 11.3 Å². The maximum absolute atomic E-state index is 5.90. The van der Waals surface area contributed by atoms with Crippen LogP contribution >= 0.6 is 11.3 Å². The lowest BCUT2D eigenvalue weighted by Gasteiger charge is -2.17. The second-order valence-corrected chi connectivity index (χ2v) is 5.04. The largest absolute Gasteiger partial charge is 0.372 e. The zero-order valence-electron chi connectivity index (χ0n) is 9.02. The predicted molar refractivity (Wildman–Crippen MR) is 64.0 cm³/mol. The van der Waals surface area contributed by atoms with Crippen molar-refractivity contribution in [2.24, 2.45) is 11.7 Å². The van der Waals surface area contributed by atoms with Crippen LogP contribution in [0.1, 0.15) is 37.4 Å². The lowest BCUT2D eigenvalue weighted by Crippen LogP contribution is -2.18. The van der Waals surface area contributed by atoms with Crippen LogP contribution in [-0.4, -0.2) is 13.2 Å². The molecule has 0 saturated heterocycles. The van der Waals surface area contributed by atoms with Gasteiger partial charge in [-0.05, 0) is 41.1 Å². The minimum atomic E-state index is 0.108. The van der Waals surface area contributed by atoms with Crippen LogP contribution in [0.5, 0.6) is 0 Å². The van der Waals surface area contributed by atoms with Crippen LogP contribution in [0.15, 0.2) is 16.8 Å². The molecule has 1 aliphatic carbocycles. The van der Waals surface area contributed by atoms with E-state index in [1.165, 1.54) is 31.2 Å². The molecule has 1 heterocycles. The molecule has 84 valence electrons. The van der Waals surface area contributed by atoms with Crippen LogP contribution in [0.4, 0.5) is 0 Å². The highest BCUT2D eigenvalue weighted by Gasteiger charge is 2.18. The molecule has 1 aromatic heterocycles. The van der Waals surface area contributed by atoms with Crippen LogP contribution in [0, 0.1) is 5.92 Å². The zero-order valence-corrected chi connectivity index (χ0v) is 9.84. The minimum Gasteiger partial charge on any atom is -0.372 e. The highest BCUT2D eigenvalue weighted by molar-refractivity contribution is 7.07. The topological polar surface area (TPSA) is 35.2 Å². The summed E-state index contributed by atoms with van der Waals surface area (Å²) in [5.74, 6) is 0.776. The second kappa shape index (κ2) is 5.64.